The van der Waals surface area contributed by atoms with Crippen molar-refractivity contribution in [2.45, 2.75) is 32.7 Å². The maximum atomic E-state index is 12.0. The molecule has 1 aromatic carbocycles. The van der Waals surface area contributed by atoms with Gasteiger partial charge in [0.1, 0.15) is 5.52 Å². The molecule has 0 fully saturated rings. The van der Waals surface area contributed by atoms with Gasteiger partial charge in [-0.3, -0.25) is 4.79 Å². The lowest BCUT2D eigenvalue weighted by Gasteiger charge is -2.16. The third-order valence-electron chi connectivity index (χ3n) is 3.72. The van der Waals surface area contributed by atoms with Crippen LogP contribution in [0.15, 0.2) is 34.8 Å². The first kappa shape index (κ1) is 12.9. The molecule has 1 aromatic heterocycles. The van der Waals surface area contributed by atoms with Crippen molar-refractivity contribution in [3.05, 3.63) is 41.8 Å². The molecule has 0 saturated carbocycles. The number of para-hydroxylation sites is 1. The molecule has 1 N–H and O–H groups in total. The molecule has 0 saturated heterocycles. The van der Waals surface area contributed by atoms with E-state index in [1.54, 1.807) is 0 Å². The van der Waals surface area contributed by atoms with E-state index < -0.39 is 0 Å². The zero-order valence-corrected chi connectivity index (χ0v) is 11.6. The fraction of sp³-hybridized carbons (Fsp3) is 0.375. The molecule has 104 valence electrons. The molecule has 1 amide bonds. The summed E-state index contributed by atoms with van der Waals surface area (Å²) in [5.41, 5.74) is 2.73. The SMILES string of the molecule is Cc1cccc2oc(CNC(=O)[C@H]3CC=CCC3)nc12. The largest absolute Gasteiger partial charge is 0.439 e. The summed E-state index contributed by atoms with van der Waals surface area (Å²) in [5.74, 6) is 0.744. The second kappa shape index (κ2) is 5.49. The monoisotopic (exact) mass is 270 g/mol. The highest BCUT2D eigenvalue weighted by atomic mass is 16.3. The van der Waals surface area contributed by atoms with Crippen LogP contribution < -0.4 is 5.32 Å². The second-order valence-corrected chi connectivity index (χ2v) is 5.23. The summed E-state index contributed by atoms with van der Waals surface area (Å²) >= 11 is 0. The van der Waals surface area contributed by atoms with E-state index in [0.717, 1.165) is 35.9 Å². The van der Waals surface area contributed by atoms with Crippen molar-refractivity contribution < 1.29 is 9.21 Å². The number of hydrogen-bond acceptors (Lipinski definition) is 3. The number of oxazole rings is 1. The van der Waals surface area contributed by atoms with Crippen molar-refractivity contribution in [1.82, 2.24) is 10.3 Å². The molecular formula is C16H18N2O2. The Kier molecular flexibility index (Phi) is 3.54. The van der Waals surface area contributed by atoms with Gasteiger partial charge in [0.2, 0.25) is 11.8 Å². The lowest BCUT2D eigenvalue weighted by atomic mass is 9.94. The predicted octanol–water partition coefficient (Wildman–Crippen LogP) is 3.11. The Labute approximate surface area is 117 Å². The first-order chi connectivity index (χ1) is 9.74. The van der Waals surface area contributed by atoms with Gasteiger partial charge in [-0.05, 0) is 37.8 Å². The van der Waals surface area contributed by atoms with Crippen molar-refractivity contribution in [3.8, 4) is 0 Å². The molecule has 0 radical (unpaired) electrons. The number of amides is 1. The molecule has 3 rings (SSSR count). The van der Waals surface area contributed by atoms with Gasteiger partial charge in [-0.2, -0.15) is 0 Å². The van der Waals surface area contributed by atoms with Crippen LogP contribution in [0.25, 0.3) is 11.1 Å². The maximum Gasteiger partial charge on any atom is 0.223 e. The van der Waals surface area contributed by atoms with E-state index in [-0.39, 0.29) is 11.8 Å². The van der Waals surface area contributed by atoms with Crippen molar-refractivity contribution in [2.24, 2.45) is 5.92 Å². The van der Waals surface area contributed by atoms with Crippen LogP contribution in [0.4, 0.5) is 0 Å². The van der Waals surface area contributed by atoms with Gasteiger partial charge in [-0.1, -0.05) is 24.3 Å². The molecule has 1 atom stereocenters. The Balaban J connectivity index is 1.66. The van der Waals surface area contributed by atoms with E-state index in [1.807, 2.05) is 25.1 Å². The Morgan fingerprint density at radius 3 is 3.10 bits per heavy atom. The average Bonchev–Trinajstić information content (AvgIpc) is 2.90. The number of aromatic nitrogens is 1. The lowest BCUT2D eigenvalue weighted by molar-refractivity contribution is -0.125. The number of hydrogen-bond donors (Lipinski definition) is 1. The molecule has 1 heterocycles. The predicted molar refractivity (Wildman–Crippen MR) is 77.1 cm³/mol. The molecule has 4 nitrogen and oxygen atoms in total. The summed E-state index contributed by atoms with van der Waals surface area (Å²) in [6, 6.07) is 5.84. The summed E-state index contributed by atoms with van der Waals surface area (Å²) in [6.07, 6.45) is 6.96. The highest BCUT2D eigenvalue weighted by Crippen LogP contribution is 2.20. The van der Waals surface area contributed by atoms with Crippen LogP contribution in [0.5, 0.6) is 0 Å². The number of rotatable bonds is 3. The normalized spacial score (nSPS) is 18.4. The van der Waals surface area contributed by atoms with E-state index in [2.05, 4.69) is 22.5 Å². The Bertz CT molecular complexity index is 658. The van der Waals surface area contributed by atoms with Crippen LogP contribution in [0.3, 0.4) is 0 Å². The van der Waals surface area contributed by atoms with E-state index >= 15 is 0 Å². The van der Waals surface area contributed by atoms with Crippen LogP contribution in [0, 0.1) is 12.8 Å². The van der Waals surface area contributed by atoms with Crippen LogP contribution in [0.2, 0.25) is 0 Å². The fourth-order valence-corrected chi connectivity index (χ4v) is 2.55. The van der Waals surface area contributed by atoms with E-state index in [4.69, 9.17) is 4.42 Å². The van der Waals surface area contributed by atoms with Gasteiger partial charge in [0.25, 0.3) is 0 Å². The van der Waals surface area contributed by atoms with E-state index in [0.29, 0.717) is 12.4 Å². The van der Waals surface area contributed by atoms with Gasteiger partial charge >= 0.3 is 0 Å². The first-order valence-electron chi connectivity index (χ1n) is 7.02. The molecular weight excluding hydrogens is 252 g/mol. The molecule has 4 heteroatoms. The molecule has 0 unspecified atom stereocenters. The van der Waals surface area contributed by atoms with Gasteiger partial charge in [-0.25, -0.2) is 4.98 Å². The number of nitrogens with one attached hydrogen (secondary N) is 1. The topological polar surface area (TPSA) is 55.1 Å². The summed E-state index contributed by atoms with van der Waals surface area (Å²) in [6.45, 7) is 2.36. The van der Waals surface area contributed by atoms with Gasteiger partial charge in [0.15, 0.2) is 5.58 Å². The molecule has 0 bridgehead atoms. The van der Waals surface area contributed by atoms with Gasteiger partial charge < -0.3 is 9.73 Å². The smallest absolute Gasteiger partial charge is 0.223 e. The zero-order valence-electron chi connectivity index (χ0n) is 11.6. The maximum absolute atomic E-state index is 12.0. The number of carbonyl (C=O) groups is 1. The van der Waals surface area contributed by atoms with Gasteiger partial charge in [0, 0.05) is 5.92 Å². The third-order valence-corrected chi connectivity index (χ3v) is 3.72. The Morgan fingerprint density at radius 1 is 1.45 bits per heavy atom. The van der Waals surface area contributed by atoms with Crippen molar-refractivity contribution in [3.63, 3.8) is 0 Å². The minimum atomic E-state index is 0.0890. The fourth-order valence-electron chi connectivity index (χ4n) is 2.55. The summed E-state index contributed by atoms with van der Waals surface area (Å²) in [5, 5.41) is 2.92. The molecule has 1 aliphatic rings. The standard InChI is InChI=1S/C16H18N2O2/c1-11-6-5-9-13-15(11)18-14(20-13)10-17-16(19)12-7-3-2-4-8-12/h2-3,5-6,9,12H,4,7-8,10H2,1H3,(H,17,19)/t12-/m0/s1. The molecule has 1 aliphatic carbocycles. The van der Waals surface area contributed by atoms with Gasteiger partial charge in [0.05, 0.1) is 6.54 Å². The average molecular weight is 270 g/mol. The summed E-state index contributed by atoms with van der Waals surface area (Å²) in [7, 11) is 0. The highest BCUT2D eigenvalue weighted by Gasteiger charge is 2.19. The quantitative estimate of drug-likeness (QED) is 0.872. The number of allylic oxidation sites excluding steroid dienone is 2. The van der Waals surface area contributed by atoms with Crippen LogP contribution >= 0.6 is 0 Å². The number of benzene rings is 1. The molecule has 0 aliphatic heterocycles. The lowest BCUT2D eigenvalue weighted by Crippen LogP contribution is -2.30. The first-order valence-corrected chi connectivity index (χ1v) is 7.02. The Morgan fingerprint density at radius 2 is 2.35 bits per heavy atom. The van der Waals surface area contributed by atoms with Crippen LogP contribution in [0.1, 0.15) is 30.7 Å². The number of carbonyl (C=O) groups excluding carboxylic acids is 1. The van der Waals surface area contributed by atoms with Crippen LogP contribution in [-0.2, 0) is 11.3 Å². The van der Waals surface area contributed by atoms with E-state index in [9.17, 15) is 4.79 Å². The Hall–Kier alpha value is -2.10. The second-order valence-electron chi connectivity index (χ2n) is 5.23. The molecule has 20 heavy (non-hydrogen) atoms. The highest BCUT2D eigenvalue weighted by molar-refractivity contribution is 5.79. The summed E-state index contributed by atoms with van der Waals surface area (Å²) < 4.78 is 5.65. The number of aryl methyl sites for hydroxylation is 1. The van der Waals surface area contributed by atoms with Crippen molar-refractivity contribution >= 4 is 17.0 Å². The minimum absolute atomic E-state index is 0.0890. The van der Waals surface area contributed by atoms with Crippen LogP contribution in [-0.4, -0.2) is 10.9 Å². The number of fused-ring (bicyclic) bond motifs is 1. The van der Waals surface area contributed by atoms with Crippen molar-refractivity contribution in [1.29, 1.82) is 0 Å². The third kappa shape index (κ3) is 2.59. The molecule has 0 spiro atoms. The van der Waals surface area contributed by atoms with E-state index in [1.165, 1.54) is 0 Å². The zero-order chi connectivity index (χ0) is 13.9. The minimum Gasteiger partial charge on any atom is -0.439 e. The van der Waals surface area contributed by atoms with Gasteiger partial charge in [-0.15, -0.1) is 0 Å². The molecule has 2 aromatic rings. The van der Waals surface area contributed by atoms with Crippen molar-refractivity contribution in [2.75, 3.05) is 0 Å². The summed E-state index contributed by atoms with van der Waals surface area (Å²) in [4.78, 5) is 16.5. The number of nitrogens with zero attached hydrogens (tertiary/aromatic N) is 1.